The number of amides is 2. The summed E-state index contributed by atoms with van der Waals surface area (Å²) in [7, 11) is 0. The monoisotopic (exact) mass is 369 g/mol. The Morgan fingerprint density at radius 2 is 2.26 bits per heavy atom. The maximum absolute atomic E-state index is 12.6. The molecule has 2 heterocycles. The summed E-state index contributed by atoms with van der Waals surface area (Å²) in [5, 5.41) is 6.89. The number of nitrogens with zero attached hydrogens (tertiary/aromatic N) is 2. The van der Waals surface area contributed by atoms with E-state index in [0.29, 0.717) is 16.6 Å². The number of likely N-dealkylation sites (tertiary alicyclic amines) is 1. The average Bonchev–Trinajstić information content (AvgIpc) is 3.10. The predicted molar refractivity (Wildman–Crippen MR) is 94.1 cm³/mol. The topological polar surface area (TPSA) is 45.2 Å². The lowest BCUT2D eigenvalue weighted by atomic mass is 10.0. The lowest BCUT2D eigenvalue weighted by Gasteiger charge is -2.34. The Labute approximate surface area is 149 Å². The van der Waals surface area contributed by atoms with Gasteiger partial charge in [-0.2, -0.15) is 0 Å². The second-order valence-corrected chi connectivity index (χ2v) is 7.16. The van der Waals surface area contributed by atoms with Crippen molar-refractivity contribution in [3.05, 3.63) is 50.4 Å². The molecule has 1 saturated heterocycles. The summed E-state index contributed by atoms with van der Waals surface area (Å²) in [5.74, 6) is 0. The van der Waals surface area contributed by atoms with Gasteiger partial charge in [-0.25, -0.2) is 9.78 Å². The van der Waals surface area contributed by atoms with E-state index in [9.17, 15) is 4.79 Å². The molecule has 7 heteroatoms. The molecule has 122 valence electrons. The molecule has 23 heavy (non-hydrogen) atoms. The van der Waals surface area contributed by atoms with Crippen molar-refractivity contribution in [3.8, 4) is 0 Å². The number of rotatable bonds is 3. The third kappa shape index (κ3) is 3.79. The highest BCUT2D eigenvalue weighted by Gasteiger charge is 2.29. The van der Waals surface area contributed by atoms with E-state index >= 15 is 0 Å². The fourth-order valence-corrected chi connectivity index (χ4v) is 3.96. The van der Waals surface area contributed by atoms with E-state index in [1.54, 1.807) is 23.6 Å². The Morgan fingerprint density at radius 1 is 1.39 bits per heavy atom. The van der Waals surface area contributed by atoms with Gasteiger partial charge in [-0.1, -0.05) is 35.3 Å². The van der Waals surface area contributed by atoms with Gasteiger partial charge in [-0.15, -0.1) is 11.3 Å². The Balaban J connectivity index is 1.68. The van der Waals surface area contributed by atoms with Gasteiger partial charge in [-0.05, 0) is 30.9 Å². The van der Waals surface area contributed by atoms with Crippen LogP contribution in [0.25, 0.3) is 0 Å². The molecule has 3 rings (SSSR count). The fourth-order valence-electron chi connectivity index (χ4n) is 2.79. The first-order valence-corrected chi connectivity index (χ1v) is 9.17. The zero-order valence-electron chi connectivity index (χ0n) is 12.5. The van der Waals surface area contributed by atoms with Crippen LogP contribution >= 0.6 is 34.5 Å². The van der Waals surface area contributed by atoms with Crippen molar-refractivity contribution >= 4 is 40.6 Å². The molecule has 1 unspecified atom stereocenters. The van der Waals surface area contributed by atoms with Crippen LogP contribution < -0.4 is 5.32 Å². The van der Waals surface area contributed by atoms with Crippen LogP contribution in [0.2, 0.25) is 10.0 Å². The summed E-state index contributed by atoms with van der Waals surface area (Å²) in [6.45, 7) is 1.11. The van der Waals surface area contributed by atoms with Gasteiger partial charge in [0.1, 0.15) is 5.01 Å². The first-order chi connectivity index (χ1) is 11.2. The normalized spacial score (nSPS) is 18.0. The number of hydrogen-bond donors (Lipinski definition) is 1. The molecule has 1 aliphatic heterocycles. The molecule has 1 fully saturated rings. The fraction of sp³-hybridized carbons (Fsp3) is 0.375. The van der Waals surface area contributed by atoms with Crippen molar-refractivity contribution in [1.82, 2.24) is 15.2 Å². The van der Waals surface area contributed by atoms with Crippen LogP contribution in [-0.4, -0.2) is 22.5 Å². The summed E-state index contributed by atoms with van der Waals surface area (Å²) < 4.78 is 0. The molecule has 0 spiro atoms. The number of benzene rings is 1. The second-order valence-electron chi connectivity index (χ2n) is 5.45. The molecule has 4 nitrogen and oxygen atoms in total. The van der Waals surface area contributed by atoms with Crippen LogP contribution in [0.3, 0.4) is 0 Å². The number of aromatic nitrogens is 1. The highest BCUT2D eigenvalue weighted by atomic mass is 35.5. The number of carbonyl (C=O) groups excluding carboxylic acids is 1. The molecule has 1 aromatic heterocycles. The van der Waals surface area contributed by atoms with Crippen LogP contribution in [0, 0.1) is 0 Å². The zero-order chi connectivity index (χ0) is 16.2. The number of piperidine rings is 1. The number of nitrogens with one attached hydrogen (secondary N) is 1. The van der Waals surface area contributed by atoms with Gasteiger partial charge in [0.25, 0.3) is 0 Å². The van der Waals surface area contributed by atoms with E-state index in [4.69, 9.17) is 23.2 Å². The van der Waals surface area contributed by atoms with Crippen LogP contribution in [0.15, 0.2) is 29.8 Å². The van der Waals surface area contributed by atoms with Crippen molar-refractivity contribution in [2.24, 2.45) is 0 Å². The van der Waals surface area contributed by atoms with E-state index in [0.717, 1.165) is 36.4 Å². The predicted octanol–water partition coefficient (Wildman–Crippen LogP) is 4.89. The van der Waals surface area contributed by atoms with Gasteiger partial charge in [0.2, 0.25) is 0 Å². The number of halogens is 2. The first kappa shape index (κ1) is 16.6. The molecule has 2 aromatic rings. The summed E-state index contributed by atoms with van der Waals surface area (Å²) >= 11 is 13.8. The van der Waals surface area contributed by atoms with Gasteiger partial charge < -0.3 is 10.2 Å². The molecule has 0 aliphatic carbocycles. The molecule has 0 radical (unpaired) electrons. The number of thiazole rings is 1. The average molecular weight is 370 g/mol. The van der Waals surface area contributed by atoms with E-state index in [2.05, 4.69) is 10.3 Å². The summed E-state index contributed by atoms with van der Waals surface area (Å²) in [4.78, 5) is 18.8. The number of hydrogen-bond acceptors (Lipinski definition) is 3. The molecule has 1 aromatic carbocycles. The standard InChI is InChI=1S/C16H17Cl2N3OS/c17-12-5-3-4-11(14(12)18)10-20-16(22)21-8-2-1-6-13(21)15-19-7-9-23-15/h3-5,7,9,13H,1-2,6,8,10H2,(H,20,22). The van der Waals surface area contributed by atoms with E-state index in [-0.39, 0.29) is 12.1 Å². The van der Waals surface area contributed by atoms with Crippen LogP contribution in [-0.2, 0) is 6.54 Å². The summed E-state index contributed by atoms with van der Waals surface area (Å²) in [5.41, 5.74) is 0.815. The molecule has 0 bridgehead atoms. The van der Waals surface area contributed by atoms with E-state index in [1.807, 2.05) is 22.4 Å². The number of carbonyl (C=O) groups is 1. The molecule has 1 N–H and O–H groups in total. The van der Waals surface area contributed by atoms with Gasteiger partial charge in [-0.3, -0.25) is 0 Å². The highest BCUT2D eigenvalue weighted by molar-refractivity contribution is 7.09. The Morgan fingerprint density at radius 3 is 3.04 bits per heavy atom. The summed E-state index contributed by atoms with van der Waals surface area (Å²) in [6, 6.07) is 5.41. The lowest BCUT2D eigenvalue weighted by molar-refractivity contribution is 0.151. The van der Waals surface area contributed by atoms with Crippen molar-refractivity contribution in [2.75, 3.05) is 6.54 Å². The van der Waals surface area contributed by atoms with E-state index < -0.39 is 0 Å². The van der Waals surface area contributed by atoms with Crippen LogP contribution in [0.5, 0.6) is 0 Å². The van der Waals surface area contributed by atoms with Gasteiger partial charge >= 0.3 is 6.03 Å². The molecule has 0 saturated carbocycles. The Hall–Kier alpha value is -1.30. The Kier molecular flexibility index (Phi) is 5.41. The molecule has 1 aliphatic rings. The molecular weight excluding hydrogens is 353 g/mol. The smallest absolute Gasteiger partial charge is 0.318 e. The Bertz CT molecular complexity index is 678. The van der Waals surface area contributed by atoms with Crippen LogP contribution in [0.4, 0.5) is 4.79 Å². The minimum absolute atomic E-state index is 0.0681. The first-order valence-electron chi connectivity index (χ1n) is 7.53. The van der Waals surface area contributed by atoms with Gasteiger partial charge in [0, 0.05) is 24.7 Å². The molecule has 1 atom stereocenters. The second kappa shape index (κ2) is 7.51. The third-order valence-corrected chi connectivity index (χ3v) is 5.70. The minimum atomic E-state index is -0.0825. The van der Waals surface area contributed by atoms with E-state index in [1.165, 1.54) is 0 Å². The molecule has 2 amide bonds. The third-order valence-electron chi connectivity index (χ3n) is 3.96. The number of urea groups is 1. The lowest BCUT2D eigenvalue weighted by Crippen LogP contribution is -2.44. The largest absolute Gasteiger partial charge is 0.334 e. The SMILES string of the molecule is O=C(NCc1cccc(Cl)c1Cl)N1CCCCC1c1nccs1. The summed E-state index contributed by atoms with van der Waals surface area (Å²) in [6.07, 6.45) is 4.89. The quantitative estimate of drug-likeness (QED) is 0.836. The zero-order valence-corrected chi connectivity index (χ0v) is 14.8. The van der Waals surface area contributed by atoms with Crippen molar-refractivity contribution < 1.29 is 4.79 Å². The van der Waals surface area contributed by atoms with Crippen molar-refractivity contribution in [2.45, 2.75) is 31.8 Å². The van der Waals surface area contributed by atoms with Gasteiger partial charge in [0.15, 0.2) is 0 Å². The van der Waals surface area contributed by atoms with Crippen molar-refractivity contribution in [1.29, 1.82) is 0 Å². The molecular formula is C16H17Cl2N3OS. The highest BCUT2D eigenvalue weighted by Crippen LogP contribution is 2.32. The van der Waals surface area contributed by atoms with Crippen molar-refractivity contribution in [3.63, 3.8) is 0 Å². The van der Waals surface area contributed by atoms with Crippen LogP contribution in [0.1, 0.15) is 35.9 Å². The minimum Gasteiger partial charge on any atom is -0.334 e. The maximum atomic E-state index is 12.6. The van der Waals surface area contributed by atoms with Gasteiger partial charge in [0.05, 0.1) is 16.1 Å². The maximum Gasteiger partial charge on any atom is 0.318 e.